The number of hydrogen-bond acceptors (Lipinski definition) is 4. The van der Waals surface area contributed by atoms with Crippen molar-refractivity contribution in [3.05, 3.63) is 24.2 Å². The monoisotopic (exact) mass is 296 g/mol. The summed E-state index contributed by atoms with van der Waals surface area (Å²) >= 11 is 0. The van der Waals surface area contributed by atoms with Crippen LogP contribution in [0.5, 0.6) is 0 Å². The van der Waals surface area contributed by atoms with Gasteiger partial charge in [0.1, 0.15) is 5.76 Å². The third-order valence-electron chi connectivity index (χ3n) is 3.00. The summed E-state index contributed by atoms with van der Waals surface area (Å²) in [5, 5.41) is 14.6. The Morgan fingerprint density at radius 3 is 2.71 bits per heavy atom. The molecule has 21 heavy (non-hydrogen) atoms. The van der Waals surface area contributed by atoms with E-state index in [0.717, 1.165) is 0 Å². The van der Waals surface area contributed by atoms with Crippen molar-refractivity contribution in [2.24, 2.45) is 5.92 Å². The number of amides is 1. The van der Waals surface area contributed by atoms with E-state index >= 15 is 0 Å². The molecule has 6 nitrogen and oxygen atoms in total. The molecular weight excluding hydrogens is 272 g/mol. The van der Waals surface area contributed by atoms with Gasteiger partial charge >= 0.3 is 5.97 Å². The molecule has 0 fully saturated rings. The molecule has 1 rings (SSSR count). The summed E-state index contributed by atoms with van der Waals surface area (Å²) in [5.74, 6) is 0.170. The minimum Gasteiger partial charge on any atom is -0.481 e. The smallest absolute Gasteiger partial charge is 0.303 e. The highest BCUT2D eigenvalue weighted by Gasteiger charge is 2.19. The topological polar surface area (TPSA) is 91.6 Å². The summed E-state index contributed by atoms with van der Waals surface area (Å²) in [5.41, 5.74) is 0. The Labute approximate surface area is 124 Å². The van der Waals surface area contributed by atoms with E-state index in [1.807, 2.05) is 13.8 Å². The van der Waals surface area contributed by atoms with Crippen LogP contribution in [0.1, 0.15) is 38.9 Å². The second kappa shape index (κ2) is 9.18. The summed E-state index contributed by atoms with van der Waals surface area (Å²) < 4.78 is 5.17. The van der Waals surface area contributed by atoms with Gasteiger partial charge in [-0.1, -0.05) is 13.8 Å². The molecule has 1 aromatic rings. The summed E-state index contributed by atoms with van der Waals surface area (Å²) in [6.45, 7) is 4.96. The molecule has 0 radical (unpaired) electrons. The maximum atomic E-state index is 12.2. The van der Waals surface area contributed by atoms with E-state index in [-0.39, 0.29) is 18.4 Å². The van der Waals surface area contributed by atoms with Crippen LogP contribution in [0.25, 0.3) is 0 Å². The van der Waals surface area contributed by atoms with Gasteiger partial charge < -0.3 is 20.2 Å². The Hall–Kier alpha value is -1.82. The van der Waals surface area contributed by atoms with E-state index in [0.29, 0.717) is 37.6 Å². The van der Waals surface area contributed by atoms with Crippen LogP contribution in [0.3, 0.4) is 0 Å². The van der Waals surface area contributed by atoms with E-state index in [4.69, 9.17) is 9.52 Å². The van der Waals surface area contributed by atoms with E-state index in [1.165, 1.54) is 0 Å². The number of carboxylic acid groups (broad SMARTS) is 1. The first kappa shape index (κ1) is 17.2. The molecule has 0 saturated heterocycles. The molecule has 0 aliphatic rings. The summed E-state index contributed by atoms with van der Waals surface area (Å²) in [6.07, 6.45) is 2.89. The van der Waals surface area contributed by atoms with Gasteiger partial charge in [-0.3, -0.25) is 9.59 Å². The Kier molecular flexibility index (Phi) is 7.53. The molecule has 1 amide bonds. The van der Waals surface area contributed by atoms with Crippen molar-refractivity contribution in [1.82, 2.24) is 10.6 Å². The lowest BCUT2D eigenvalue weighted by Crippen LogP contribution is -2.45. The Balaban J connectivity index is 2.39. The quantitative estimate of drug-likeness (QED) is 0.572. The number of carboxylic acids is 1. The van der Waals surface area contributed by atoms with Crippen molar-refractivity contribution in [3.8, 4) is 0 Å². The number of nitrogens with one attached hydrogen (secondary N) is 2. The lowest BCUT2D eigenvalue weighted by molar-refractivity contribution is -0.137. The summed E-state index contributed by atoms with van der Waals surface area (Å²) in [6, 6.07) is 3.27. The molecule has 1 aromatic heterocycles. The number of rotatable bonds is 10. The van der Waals surface area contributed by atoms with Gasteiger partial charge in [-0.15, -0.1) is 0 Å². The highest BCUT2D eigenvalue weighted by Crippen LogP contribution is 2.06. The number of hydrogen-bond donors (Lipinski definition) is 3. The number of carbonyl (C=O) groups excluding carboxylic acids is 1. The fourth-order valence-corrected chi connectivity index (χ4v) is 1.98. The molecule has 0 aliphatic carbocycles. The zero-order valence-corrected chi connectivity index (χ0v) is 12.6. The standard InChI is InChI=1S/C15H24N2O4/c1-11(2)9-13(16-7-3-6-14(18)19)15(20)17-10-12-5-4-8-21-12/h4-5,8,11,13,16H,3,6-7,9-10H2,1-2H3,(H,17,20)(H,18,19)/t13-/m0/s1. The van der Waals surface area contributed by atoms with Crippen LogP contribution in [-0.4, -0.2) is 29.6 Å². The van der Waals surface area contributed by atoms with E-state index < -0.39 is 5.97 Å². The molecule has 1 atom stereocenters. The van der Waals surface area contributed by atoms with Crippen molar-refractivity contribution < 1.29 is 19.1 Å². The summed E-state index contributed by atoms with van der Waals surface area (Å²) in [7, 11) is 0. The molecule has 0 aromatic carbocycles. The molecule has 0 unspecified atom stereocenters. The second-order valence-electron chi connectivity index (χ2n) is 5.43. The molecule has 0 saturated carbocycles. The summed E-state index contributed by atoms with van der Waals surface area (Å²) in [4.78, 5) is 22.6. The van der Waals surface area contributed by atoms with Crippen molar-refractivity contribution >= 4 is 11.9 Å². The second-order valence-corrected chi connectivity index (χ2v) is 5.43. The van der Waals surface area contributed by atoms with Crippen LogP contribution in [-0.2, 0) is 16.1 Å². The normalized spacial score (nSPS) is 12.3. The van der Waals surface area contributed by atoms with Gasteiger partial charge in [0, 0.05) is 6.42 Å². The van der Waals surface area contributed by atoms with Gasteiger partial charge in [-0.2, -0.15) is 0 Å². The SMILES string of the molecule is CC(C)C[C@H](NCCCC(=O)O)C(=O)NCc1ccco1. The van der Waals surface area contributed by atoms with Gasteiger partial charge in [-0.05, 0) is 37.4 Å². The lowest BCUT2D eigenvalue weighted by Gasteiger charge is -2.19. The Morgan fingerprint density at radius 2 is 2.14 bits per heavy atom. The van der Waals surface area contributed by atoms with Crippen LogP contribution in [0, 0.1) is 5.92 Å². The molecular formula is C15H24N2O4. The predicted molar refractivity (Wildman–Crippen MR) is 78.7 cm³/mol. The maximum Gasteiger partial charge on any atom is 0.303 e. The van der Waals surface area contributed by atoms with E-state index in [9.17, 15) is 9.59 Å². The average molecular weight is 296 g/mol. The van der Waals surface area contributed by atoms with Crippen molar-refractivity contribution in [1.29, 1.82) is 0 Å². The van der Waals surface area contributed by atoms with Crippen molar-refractivity contribution in [2.75, 3.05) is 6.54 Å². The van der Waals surface area contributed by atoms with Crippen molar-refractivity contribution in [3.63, 3.8) is 0 Å². The van der Waals surface area contributed by atoms with Gasteiger partial charge in [0.2, 0.25) is 5.91 Å². The van der Waals surface area contributed by atoms with Gasteiger partial charge in [0.05, 0.1) is 18.8 Å². The first-order chi connectivity index (χ1) is 9.99. The van der Waals surface area contributed by atoms with Crippen LogP contribution >= 0.6 is 0 Å². The molecule has 6 heteroatoms. The van der Waals surface area contributed by atoms with Crippen molar-refractivity contribution in [2.45, 2.75) is 45.7 Å². The first-order valence-corrected chi connectivity index (χ1v) is 7.24. The number of furan rings is 1. The number of aliphatic carboxylic acids is 1. The zero-order valence-electron chi connectivity index (χ0n) is 12.6. The molecule has 0 bridgehead atoms. The fraction of sp³-hybridized carbons (Fsp3) is 0.600. The predicted octanol–water partition coefficient (Wildman–Crippen LogP) is 1.76. The van der Waals surface area contributed by atoms with Gasteiger partial charge in [-0.25, -0.2) is 0 Å². The molecule has 118 valence electrons. The van der Waals surface area contributed by atoms with Crippen LogP contribution in [0.2, 0.25) is 0 Å². The highest BCUT2D eigenvalue weighted by atomic mass is 16.4. The zero-order chi connectivity index (χ0) is 15.7. The highest BCUT2D eigenvalue weighted by molar-refractivity contribution is 5.81. The largest absolute Gasteiger partial charge is 0.481 e. The third kappa shape index (κ3) is 7.51. The maximum absolute atomic E-state index is 12.2. The third-order valence-corrected chi connectivity index (χ3v) is 3.00. The molecule has 3 N–H and O–H groups in total. The minimum absolute atomic E-state index is 0.0876. The van der Waals surface area contributed by atoms with Gasteiger partial charge in [0.25, 0.3) is 0 Å². The Bertz CT molecular complexity index is 429. The number of carbonyl (C=O) groups is 2. The Morgan fingerprint density at radius 1 is 1.38 bits per heavy atom. The molecule has 1 heterocycles. The lowest BCUT2D eigenvalue weighted by atomic mass is 10.0. The molecule has 0 aliphatic heterocycles. The van der Waals surface area contributed by atoms with Crippen LogP contribution < -0.4 is 10.6 Å². The van der Waals surface area contributed by atoms with E-state index in [2.05, 4.69) is 10.6 Å². The van der Waals surface area contributed by atoms with Gasteiger partial charge in [0.15, 0.2) is 0 Å². The fourth-order valence-electron chi connectivity index (χ4n) is 1.98. The van der Waals surface area contributed by atoms with Crippen LogP contribution in [0.4, 0.5) is 0 Å². The average Bonchev–Trinajstić information content (AvgIpc) is 2.92. The van der Waals surface area contributed by atoms with Crippen LogP contribution in [0.15, 0.2) is 22.8 Å². The first-order valence-electron chi connectivity index (χ1n) is 7.24. The molecule has 0 spiro atoms. The van der Waals surface area contributed by atoms with E-state index in [1.54, 1.807) is 18.4 Å². The minimum atomic E-state index is -0.820.